The predicted molar refractivity (Wildman–Crippen MR) is 51.7 cm³/mol. The zero-order valence-corrected chi connectivity index (χ0v) is 7.37. The van der Waals surface area contributed by atoms with Crippen LogP contribution in [-0.2, 0) is 4.74 Å². The topological polar surface area (TPSA) is 21.6 Å². The van der Waals surface area contributed by atoms with E-state index in [0.717, 1.165) is 5.56 Å². The number of rotatable bonds is 1. The first-order valence-electron chi connectivity index (χ1n) is 3.80. The molecule has 2 rings (SSSR count). The average Bonchev–Trinajstić information content (AvgIpc) is 2.54. The molecule has 1 aromatic rings. The molecule has 0 radical (unpaired) electrons. The molecule has 0 aromatic heterocycles. The molecule has 12 heavy (non-hydrogen) atoms. The molecule has 62 valence electrons. The molecule has 0 bridgehead atoms. The van der Waals surface area contributed by atoms with Gasteiger partial charge in [0.25, 0.3) is 0 Å². The lowest BCUT2D eigenvalue weighted by Gasteiger charge is -1.98. The molecule has 2 nitrogen and oxygen atoms in total. The lowest BCUT2D eigenvalue weighted by atomic mass is 10.2. The van der Waals surface area contributed by atoms with Crippen molar-refractivity contribution in [2.75, 3.05) is 6.61 Å². The molecule has 0 aliphatic carbocycles. The van der Waals surface area contributed by atoms with E-state index < -0.39 is 0 Å². The van der Waals surface area contributed by atoms with Crippen molar-refractivity contribution in [3.63, 3.8) is 0 Å². The molecule has 0 saturated carbocycles. The zero-order chi connectivity index (χ0) is 8.39. The Balaban J connectivity index is 2.27. The molecule has 1 aliphatic heterocycles. The molecule has 0 spiro atoms. The van der Waals surface area contributed by atoms with Crippen LogP contribution in [0.4, 0.5) is 0 Å². The van der Waals surface area contributed by atoms with Gasteiger partial charge < -0.3 is 4.74 Å². The maximum absolute atomic E-state index is 5.32. The normalized spacial score (nSPS) is 21.8. The summed E-state index contributed by atoms with van der Waals surface area (Å²) < 4.78 is 5.32. The van der Waals surface area contributed by atoms with E-state index in [1.807, 2.05) is 30.3 Å². The van der Waals surface area contributed by atoms with Gasteiger partial charge in [-0.15, -0.1) is 12.6 Å². The molecular formula is C9H9NOS. The fourth-order valence-electron chi connectivity index (χ4n) is 1.10. The summed E-state index contributed by atoms with van der Waals surface area (Å²) in [6.07, 6.45) is 0. The second kappa shape index (κ2) is 3.19. The summed E-state index contributed by atoms with van der Waals surface area (Å²) in [5.74, 6) is 0.704. The molecule has 0 N–H and O–H groups in total. The number of ether oxygens (including phenoxy) is 1. The van der Waals surface area contributed by atoms with Gasteiger partial charge in [-0.1, -0.05) is 18.2 Å². The van der Waals surface area contributed by atoms with Gasteiger partial charge in [0.05, 0.1) is 0 Å². The van der Waals surface area contributed by atoms with Crippen molar-refractivity contribution in [1.29, 1.82) is 0 Å². The number of hydrogen-bond donors (Lipinski definition) is 1. The van der Waals surface area contributed by atoms with E-state index in [0.29, 0.717) is 12.5 Å². The highest BCUT2D eigenvalue weighted by atomic mass is 32.1. The van der Waals surface area contributed by atoms with Crippen molar-refractivity contribution >= 4 is 18.5 Å². The number of benzene rings is 1. The average molecular weight is 179 g/mol. The Hall–Kier alpha value is -0.960. The first kappa shape index (κ1) is 7.68. The van der Waals surface area contributed by atoms with Crippen molar-refractivity contribution in [2.45, 2.75) is 5.37 Å². The molecule has 0 fully saturated rings. The maximum Gasteiger partial charge on any atom is 0.217 e. The van der Waals surface area contributed by atoms with Gasteiger partial charge in [0, 0.05) is 5.56 Å². The maximum atomic E-state index is 5.32. The quantitative estimate of drug-likeness (QED) is 0.651. The van der Waals surface area contributed by atoms with Crippen molar-refractivity contribution in [2.24, 2.45) is 4.99 Å². The fourth-order valence-corrected chi connectivity index (χ4v) is 1.28. The van der Waals surface area contributed by atoms with E-state index in [9.17, 15) is 0 Å². The van der Waals surface area contributed by atoms with Crippen LogP contribution in [0.25, 0.3) is 0 Å². The monoisotopic (exact) mass is 179 g/mol. The summed E-state index contributed by atoms with van der Waals surface area (Å²) in [7, 11) is 0. The highest BCUT2D eigenvalue weighted by Crippen LogP contribution is 2.13. The van der Waals surface area contributed by atoms with Gasteiger partial charge in [-0.3, -0.25) is 0 Å². The van der Waals surface area contributed by atoms with Gasteiger partial charge in [-0.2, -0.15) is 0 Å². The molecule has 0 amide bonds. The van der Waals surface area contributed by atoms with Gasteiger partial charge in [0.2, 0.25) is 5.90 Å². The van der Waals surface area contributed by atoms with Crippen molar-refractivity contribution < 1.29 is 4.74 Å². The molecule has 1 atom stereocenters. The van der Waals surface area contributed by atoms with Gasteiger partial charge >= 0.3 is 0 Å². The molecule has 0 saturated heterocycles. The van der Waals surface area contributed by atoms with Crippen LogP contribution in [0.3, 0.4) is 0 Å². The second-order valence-corrected chi connectivity index (χ2v) is 3.19. The van der Waals surface area contributed by atoms with Crippen LogP contribution in [0.15, 0.2) is 35.3 Å². The molecule has 1 aliphatic rings. The van der Waals surface area contributed by atoms with Crippen LogP contribution < -0.4 is 0 Å². The first-order valence-corrected chi connectivity index (χ1v) is 4.32. The van der Waals surface area contributed by atoms with E-state index in [4.69, 9.17) is 4.74 Å². The SMILES string of the molecule is SC1COC(c2ccccc2)=N1. The first-order chi connectivity index (χ1) is 5.86. The van der Waals surface area contributed by atoms with Crippen LogP contribution in [0.2, 0.25) is 0 Å². The Morgan fingerprint density at radius 2 is 2.08 bits per heavy atom. The second-order valence-electron chi connectivity index (χ2n) is 2.59. The molecule has 1 aromatic carbocycles. The van der Waals surface area contributed by atoms with Gasteiger partial charge in [-0.25, -0.2) is 4.99 Å². The molecule has 1 heterocycles. The van der Waals surface area contributed by atoms with Gasteiger partial charge in [0.15, 0.2) is 0 Å². The number of nitrogens with zero attached hydrogens (tertiary/aromatic N) is 1. The predicted octanol–water partition coefficient (Wildman–Crippen LogP) is 1.72. The minimum absolute atomic E-state index is 0.000191. The Kier molecular flexibility index (Phi) is 2.04. The van der Waals surface area contributed by atoms with Crippen molar-refractivity contribution in [3.05, 3.63) is 35.9 Å². The summed E-state index contributed by atoms with van der Waals surface area (Å²) in [4.78, 5) is 4.22. The summed E-state index contributed by atoms with van der Waals surface area (Å²) in [6.45, 7) is 0.577. The van der Waals surface area contributed by atoms with E-state index in [-0.39, 0.29) is 5.37 Å². The Bertz CT molecular complexity index is 297. The van der Waals surface area contributed by atoms with Crippen LogP contribution in [-0.4, -0.2) is 17.9 Å². The number of hydrogen-bond acceptors (Lipinski definition) is 3. The van der Waals surface area contributed by atoms with E-state index in [1.165, 1.54) is 0 Å². The standard InChI is InChI=1S/C9H9NOS/c12-8-6-11-9(10-8)7-4-2-1-3-5-7/h1-5,8,12H,6H2. The lowest BCUT2D eigenvalue weighted by molar-refractivity contribution is 0.342. The summed E-state index contributed by atoms with van der Waals surface area (Å²) in [5, 5.41) is 0.000191. The molecule has 3 heteroatoms. The van der Waals surface area contributed by atoms with Gasteiger partial charge in [-0.05, 0) is 12.1 Å². The largest absolute Gasteiger partial charge is 0.474 e. The van der Waals surface area contributed by atoms with E-state index >= 15 is 0 Å². The van der Waals surface area contributed by atoms with Crippen molar-refractivity contribution in [3.8, 4) is 0 Å². The third kappa shape index (κ3) is 1.46. The number of thiol groups is 1. The zero-order valence-electron chi connectivity index (χ0n) is 6.47. The highest BCUT2D eigenvalue weighted by molar-refractivity contribution is 7.81. The van der Waals surface area contributed by atoms with Crippen LogP contribution >= 0.6 is 12.6 Å². The minimum atomic E-state index is 0.000191. The summed E-state index contributed by atoms with van der Waals surface area (Å²) >= 11 is 4.19. The molecular weight excluding hydrogens is 170 g/mol. The van der Waals surface area contributed by atoms with Crippen LogP contribution in [0, 0.1) is 0 Å². The summed E-state index contributed by atoms with van der Waals surface area (Å²) in [5.41, 5.74) is 1.02. The third-order valence-corrected chi connectivity index (χ3v) is 1.92. The van der Waals surface area contributed by atoms with E-state index in [2.05, 4.69) is 17.6 Å². The Morgan fingerprint density at radius 1 is 1.33 bits per heavy atom. The smallest absolute Gasteiger partial charge is 0.217 e. The Morgan fingerprint density at radius 3 is 2.67 bits per heavy atom. The minimum Gasteiger partial charge on any atom is -0.474 e. The van der Waals surface area contributed by atoms with Crippen molar-refractivity contribution in [1.82, 2.24) is 0 Å². The lowest BCUT2D eigenvalue weighted by Crippen LogP contribution is -2.00. The fraction of sp³-hybridized carbons (Fsp3) is 0.222. The van der Waals surface area contributed by atoms with Gasteiger partial charge in [0.1, 0.15) is 12.0 Å². The third-order valence-electron chi connectivity index (χ3n) is 1.66. The summed E-state index contributed by atoms with van der Waals surface area (Å²) in [6, 6.07) is 9.85. The van der Waals surface area contributed by atoms with Crippen LogP contribution in [0.1, 0.15) is 5.56 Å². The molecule has 1 unspecified atom stereocenters. The van der Waals surface area contributed by atoms with Crippen LogP contribution in [0.5, 0.6) is 0 Å². The van der Waals surface area contributed by atoms with E-state index in [1.54, 1.807) is 0 Å². The number of aliphatic imine (C=N–C) groups is 1. The Labute approximate surface area is 76.7 Å². The highest BCUT2D eigenvalue weighted by Gasteiger charge is 2.15.